The van der Waals surface area contributed by atoms with Crippen LogP contribution in [0.3, 0.4) is 0 Å². The molecule has 0 aromatic carbocycles. The van der Waals surface area contributed by atoms with Gasteiger partial charge in [-0.1, -0.05) is 13.8 Å². The van der Waals surface area contributed by atoms with Gasteiger partial charge < -0.3 is 4.74 Å². The van der Waals surface area contributed by atoms with Crippen molar-refractivity contribution in [3.8, 4) is 5.82 Å². The number of imidazole rings is 1. The molecular formula is C16H16N4O2S. The zero-order chi connectivity index (χ0) is 16.2. The molecule has 0 amide bonds. The van der Waals surface area contributed by atoms with E-state index in [1.165, 1.54) is 11.3 Å². The number of thiazole rings is 1. The van der Waals surface area contributed by atoms with Crippen molar-refractivity contribution in [3.05, 3.63) is 58.7 Å². The van der Waals surface area contributed by atoms with Crippen LogP contribution in [0, 0.1) is 0 Å². The first-order valence-electron chi connectivity index (χ1n) is 7.19. The van der Waals surface area contributed by atoms with Crippen LogP contribution < -0.4 is 0 Å². The number of ether oxygens (including phenoxy) is 1. The molecule has 0 saturated carbocycles. The lowest BCUT2D eigenvalue weighted by atomic mass is 10.2. The van der Waals surface area contributed by atoms with Gasteiger partial charge in [0, 0.05) is 24.5 Å². The molecule has 3 aromatic heterocycles. The number of hydrogen-bond donors (Lipinski definition) is 0. The van der Waals surface area contributed by atoms with Crippen LogP contribution in [0.2, 0.25) is 0 Å². The SMILES string of the molecule is CC(C)c1ncc(C(=O)OCc2ccnc(-n3ccnc3)c2)s1. The van der Waals surface area contributed by atoms with Gasteiger partial charge in [0.15, 0.2) is 0 Å². The Balaban J connectivity index is 1.66. The lowest BCUT2D eigenvalue weighted by molar-refractivity contribution is 0.0478. The van der Waals surface area contributed by atoms with Gasteiger partial charge in [-0.25, -0.2) is 19.7 Å². The first-order valence-corrected chi connectivity index (χ1v) is 8.01. The van der Waals surface area contributed by atoms with Crippen molar-refractivity contribution in [1.82, 2.24) is 19.5 Å². The molecule has 6 nitrogen and oxygen atoms in total. The summed E-state index contributed by atoms with van der Waals surface area (Å²) in [5, 5.41) is 0.934. The van der Waals surface area contributed by atoms with Crippen LogP contribution >= 0.6 is 11.3 Å². The molecule has 0 fully saturated rings. The molecule has 3 aromatic rings. The van der Waals surface area contributed by atoms with Crippen LogP contribution in [0.25, 0.3) is 5.82 Å². The smallest absolute Gasteiger partial charge is 0.350 e. The Bertz CT molecular complexity index is 796. The van der Waals surface area contributed by atoms with E-state index in [0.29, 0.717) is 10.8 Å². The highest BCUT2D eigenvalue weighted by Crippen LogP contribution is 2.22. The fourth-order valence-corrected chi connectivity index (χ4v) is 2.77. The minimum absolute atomic E-state index is 0.192. The van der Waals surface area contributed by atoms with E-state index >= 15 is 0 Å². The van der Waals surface area contributed by atoms with E-state index < -0.39 is 0 Å². The minimum atomic E-state index is -0.351. The van der Waals surface area contributed by atoms with Crippen molar-refractivity contribution in [2.24, 2.45) is 0 Å². The van der Waals surface area contributed by atoms with Gasteiger partial charge in [0.25, 0.3) is 0 Å². The van der Waals surface area contributed by atoms with E-state index in [2.05, 4.69) is 15.0 Å². The standard InChI is InChI=1S/C16H16N4O2S/c1-11(2)15-19-8-13(23-15)16(21)22-9-12-3-4-18-14(7-12)20-6-5-17-10-20/h3-8,10-11H,9H2,1-2H3. The predicted octanol–water partition coefficient (Wildman–Crippen LogP) is 3.20. The van der Waals surface area contributed by atoms with E-state index in [0.717, 1.165) is 16.4 Å². The summed E-state index contributed by atoms with van der Waals surface area (Å²) in [5.74, 6) is 0.686. The van der Waals surface area contributed by atoms with Gasteiger partial charge in [0.1, 0.15) is 23.6 Å². The summed E-state index contributed by atoms with van der Waals surface area (Å²) in [6.07, 6.45) is 8.42. The van der Waals surface area contributed by atoms with Crippen molar-refractivity contribution >= 4 is 17.3 Å². The largest absolute Gasteiger partial charge is 0.457 e. The molecule has 0 atom stereocenters. The third-order valence-corrected chi connectivity index (χ3v) is 4.45. The molecule has 0 bridgehead atoms. The second-order valence-electron chi connectivity index (χ2n) is 5.29. The van der Waals surface area contributed by atoms with E-state index in [1.54, 1.807) is 29.5 Å². The first kappa shape index (κ1) is 15.4. The zero-order valence-corrected chi connectivity index (χ0v) is 13.7. The summed E-state index contributed by atoms with van der Waals surface area (Å²) in [6.45, 7) is 4.28. The highest BCUT2D eigenvalue weighted by atomic mass is 32.1. The fraction of sp³-hybridized carbons (Fsp3) is 0.250. The predicted molar refractivity (Wildman–Crippen MR) is 86.7 cm³/mol. The Hall–Kier alpha value is -2.54. The Labute approximate surface area is 137 Å². The summed E-state index contributed by atoms with van der Waals surface area (Å²) >= 11 is 1.38. The summed E-state index contributed by atoms with van der Waals surface area (Å²) in [7, 11) is 0. The zero-order valence-electron chi connectivity index (χ0n) is 12.8. The van der Waals surface area contributed by atoms with E-state index in [-0.39, 0.29) is 12.6 Å². The number of pyridine rings is 1. The number of aromatic nitrogens is 4. The Morgan fingerprint density at radius 3 is 2.91 bits per heavy atom. The molecule has 0 aliphatic rings. The summed E-state index contributed by atoms with van der Waals surface area (Å²) in [5.41, 5.74) is 0.866. The third-order valence-electron chi connectivity index (χ3n) is 3.17. The number of carbonyl (C=O) groups is 1. The molecule has 0 radical (unpaired) electrons. The van der Waals surface area contributed by atoms with Gasteiger partial charge >= 0.3 is 5.97 Å². The topological polar surface area (TPSA) is 69.9 Å². The quantitative estimate of drug-likeness (QED) is 0.673. The lowest BCUT2D eigenvalue weighted by Gasteiger charge is -2.06. The van der Waals surface area contributed by atoms with Crippen LogP contribution in [0.4, 0.5) is 0 Å². The number of esters is 1. The molecule has 0 N–H and O–H groups in total. The third kappa shape index (κ3) is 3.62. The highest BCUT2D eigenvalue weighted by Gasteiger charge is 2.14. The molecule has 0 aliphatic heterocycles. The summed E-state index contributed by atoms with van der Waals surface area (Å²) < 4.78 is 7.15. The van der Waals surface area contributed by atoms with Crippen LogP contribution in [-0.2, 0) is 11.3 Å². The highest BCUT2D eigenvalue weighted by molar-refractivity contribution is 7.13. The average Bonchev–Trinajstić information content (AvgIpc) is 3.24. The van der Waals surface area contributed by atoms with Gasteiger partial charge in [-0.15, -0.1) is 11.3 Å². The molecule has 0 unspecified atom stereocenters. The van der Waals surface area contributed by atoms with Crippen molar-refractivity contribution in [3.63, 3.8) is 0 Å². The molecule has 3 rings (SSSR count). The van der Waals surface area contributed by atoms with Crippen LogP contribution in [0.15, 0.2) is 43.2 Å². The summed E-state index contributed by atoms with van der Waals surface area (Å²) in [6, 6.07) is 3.68. The molecule has 3 heterocycles. The van der Waals surface area contributed by atoms with Crippen molar-refractivity contribution in [2.75, 3.05) is 0 Å². The van der Waals surface area contributed by atoms with E-state index in [4.69, 9.17) is 4.74 Å². The van der Waals surface area contributed by atoms with Gasteiger partial charge in [-0.2, -0.15) is 0 Å². The second kappa shape index (κ2) is 6.70. The van der Waals surface area contributed by atoms with Crippen molar-refractivity contribution in [1.29, 1.82) is 0 Å². The Morgan fingerprint density at radius 1 is 1.35 bits per heavy atom. The molecule has 23 heavy (non-hydrogen) atoms. The van der Waals surface area contributed by atoms with Crippen LogP contribution in [0.1, 0.15) is 40.0 Å². The molecule has 0 spiro atoms. The van der Waals surface area contributed by atoms with Gasteiger partial charge in [0.2, 0.25) is 0 Å². The summed E-state index contributed by atoms with van der Waals surface area (Å²) in [4.78, 5) is 25.1. The van der Waals surface area contributed by atoms with Gasteiger partial charge in [-0.05, 0) is 17.7 Å². The number of hydrogen-bond acceptors (Lipinski definition) is 6. The number of nitrogens with zero attached hydrogens (tertiary/aromatic N) is 4. The van der Waals surface area contributed by atoms with Gasteiger partial charge in [0.05, 0.1) is 11.2 Å². The molecule has 118 valence electrons. The minimum Gasteiger partial charge on any atom is -0.457 e. The molecular weight excluding hydrogens is 312 g/mol. The van der Waals surface area contributed by atoms with E-state index in [9.17, 15) is 4.79 Å². The van der Waals surface area contributed by atoms with E-state index in [1.807, 2.05) is 32.2 Å². The van der Waals surface area contributed by atoms with Crippen molar-refractivity contribution in [2.45, 2.75) is 26.4 Å². The number of rotatable bonds is 5. The lowest BCUT2D eigenvalue weighted by Crippen LogP contribution is -2.04. The van der Waals surface area contributed by atoms with Crippen molar-refractivity contribution < 1.29 is 9.53 Å². The normalized spacial score (nSPS) is 10.9. The maximum absolute atomic E-state index is 12.1. The second-order valence-corrected chi connectivity index (χ2v) is 6.35. The number of carbonyl (C=O) groups excluding carboxylic acids is 1. The maximum Gasteiger partial charge on any atom is 0.350 e. The molecule has 7 heteroatoms. The first-order chi connectivity index (χ1) is 11.1. The monoisotopic (exact) mass is 328 g/mol. The Morgan fingerprint density at radius 2 is 2.22 bits per heavy atom. The molecule has 0 saturated heterocycles. The maximum atomic E-state index is 12.1. The van der Waals surface area contributed by atoms with Gasteiger partial charge in [-0.3, -0.25) is 4.57 Å². The fourth-order valence-electron chi connectivity index (χ4n) is 1.96. The molecule has 0 aliphatic carbocycles. The van der Waals surface area contributed by atoms with Crippen LogP contribution in [0.5, 0.6) is 0 Å². The Kier molecular flexibility index (Phi) is 4.47. The van der Waals surface area contributed by atoms with Crippen LogP contribution in [-0.4, -0.2) is 25.5 Å². The average molecular weight is 328 g/mol.